The molecule has 3 saturated carbocycles. The van der Waals surface area contributed by atoms with Crippen LogP contribution in [0, 0.1) is 39.4 Å². The van der Waals surface area contributed by atoms with Crippen molar-refractivity contribution < 1.29 is 64.0 Å². The highest BCUT2D eigenvalue weighted by Crippen LogP contribution is 2.74. The zero-order valence-electron chi connectivity index (χ0n) is 31.3. The van der Waals surface area contributed by atoms with Gasteiger partial charge in [0.1, 0.15) is 47.5 Å². The van der Waals surface area contributed by atoms with Gasteiger partial charge in [-0.3, -0.25) is 19.2 Å². The molecule has 13 heteroatoms. The lowest BCUT2D eigenvalue weighted by Gasteiger charge is -2.64. The predicted octanol–water partition coefficient (Wildman–Crippen LogP) is 1.55. The fraction of sp³-hybridized carbons (Fsp3) is 0.842. The van der Waals surface area contributed by atoms with E-state index in [0.717, 1.165) is 5.57 Å². The van der Waals surface area contributed by atoms with Crippen molar-refractivity contribution in [3.8, 4) is 0 Å². The van der Waals surface area contributed by atoms with E-state index in [1.165, 1.54) is 13.8 Å². The van der Waals surface area contributed by atoms with E-state index in [1.807, 2.05) is 26.8 Å². The summed E-state index contributed by atoms with van der Waals surface area (Å²) in [5, 5.41) is 64.8. The molecule has 14 atom stereocenters. The molecule has 0 aromatic heterocycles. The lowest BCUT2D eigenvalue weighted by atomic mass is 9.38. The zero-order chi connectivity index (χ0) is 38.4. The van der Waals surface area contributed by atoms with Crippen molar-refractivity contribution in [2.75, 3.05) is 6.61 Å². The Morgan fingerprint density at radius 3 is 2.20 bits per heavy atom. The lowest BCUT2D eigenvalue weighted by molar-refractivity contribution is -0.311. The second kappa shape index (κ2) is 13.0. The number of allylic oxidation sites excluding steroid dienone is 2. The van der Waals surface area contributed by atoms with Crippen LogP contribution in [-0.4, -0.2) is 115 Å². The van der Waals surface area contributed by atoms with Crippen LogP contribution < -0.4 is 0 Å². The molecule has 0 amide bonds. The fourth-order valence-electron chi connectivity index (χ4n) is 11.1. The van der Waals surface area contributed by atoms with Crippen molar-refractivity contribution >= 4 is 23.3 Å². The monoisotopic (exact) mass is 722 g/mol. The molecule has 4 fully saturated rings. The molecule has 1 heterocycles. The molecule has 0 aromatic carbocycles. The second-order valence-corrected chi connectivity index (χ2v) is 17.9. The molecule has 0 unspecified atom stereocenters. The van der Waals surface area contributed by atoms with E-state index in [1.54, 1.807) is 27.7 Å². The number of esters is 1. The summed E-state index contributed by atoms with van der Waals surface area (Å²) >= 11 is 0. The van der Waals surface area contributed by atoms with E-state index in [-0.39, 0.29) is 49.6 Å². The van der Waals surface area contributed by atoms with Crippen LogP contribution in [0.2, 0.25) is 0 Å². The Balaban J connectivity index is 1.46. The van der Waals surface area contributed by atoms with Crippen LogP contribution in [-0.2, 0) is 33.4 Å². The normalized spacial score (nSPS) is 44.8. The number of aliphatic hydroxyl groups is 6. The Hall–Kier alpha value is -2.10. The summed E-state index contributed by atoms with van der Waals surface area (Å²) in [6, 6.07) is 0. The third kappa shape index (κ3) is 6.07. The molecule has 1 saturated heterocycles. The summed E-state index contributed by atoms with van der Waals surface area (Å²) in [4.78, 5) is 54.1. The van der Waals surface area contributed by atoms with Crippen molar-refractivity contribution in [3.05, 3.63) is 11.6 Å². The van der Waals surface area contributed by atoms with Crippen LogP contribution in [0.4, 0.5) is 0 Å². The Labute approximate surface area is 299 Å². The van der Waals surface area contributed by atoms with E-state index in [4.69, 9.17) is 14.2 Å². The summed E-state index contributed by atoms with van der Waals surface area (Å²) < 4.78 is 17.0. The lowest BCUT2D eigenvalue weighted by Crippen LogP contribution is -2.66. The molecule has 51 heavy (non-hydrogen) atoms. The maximum Gasteiger partial charge on any atom is 0.303 e. The van der Waals surface area contributed by atoms with E-state index in [9.17, 15) is 49.8 Å². The van der Waals surface area contributed by atoms with Gasteiger partial charge in [-0.25, -0.2) is 0 Å². The average molecular weight is 723 g/mol. The van der Waals surface area contributed by atoms with Crippen molar-refractivity contribution in [2.24, 2.45) is 39.4 Å². The topological polar surface area (TPSA) is 217 Å². The highest BCUT2D eigenvalue weighted by molar-refractivity contribution is 5.95. The van der Waals surface area contributed by atoms with Gasteiger partial charge in [0.15, 0.2) is 17.9 Å². The fourth-order valence-corrected chi connectivity index (χ4v) is 11.1. The number of rotatable bonds is 9. The molecule has 5 rings (SSSR count). The van der Waals surface area contributed by atoms with Crippen molar-refractivity contribution in [3.63, 3.8) is 0 Å². The molecule has 0 aromatic rings. The molecular formula is C38H58O13. The number of aliphatic hydroxyl groups excluding tert-OH is 5. The third-order valence-corrected chi connectivity index (χ3v) is 14.1. The van der Waals surface area contributed by atoms with E-state index in [2.05, 4.69) is 0 Å². The molecular weight excluding hydrogens is 664 g/mol. The van der Waals surface area contributed by atoms with Gasteiger partial charge in [0, 0.05) is 36.5 Å². The largest absolute Gasteiger partial charge is 0.460 e. The maximum atomic E-state index is 14.8. The van der Waals surface area contributed by atoms with Crippen LogP contribution in [0.3, 0.4) is 0 Å². The first-order valence-electron chi connectivity index (χ1n) is 18.2. The number of fused-ring (bicyclic) bond motifs is 5. The summed E-state index contributed by atoms with van der Waals surface area (Å²) in [5.74, 6) is -3.22. The third-order valence-electron chi connectivity index (χ3n) is 14.1. The molecule has 5 aliphatic rings. The van der Waals surface area contributed by atoms with Gasteiger partial charge in [0.25, 0.3) is 0 Å². The van der Waals surface area contributed by atoms with Crippen LogP contribution in [0.1, 0.15) is 101 Å². The standard InChI is InChI=1S/C38H58O13/c1-18(40)51-33(2,3)13-12-25(42)38(9,48)30-21(41)15-35(6)24-11-10-19-20(37(24,8)26(43)16-36(30,35)7)14-22(31(47)34(19,4)5)49-32-29(46)28(45)27(44)23(17-39)50-32/h10,20-24,27-30,32,39,41,44-46,48H,11-17H2,1-9H3/t20-,21-,22+,23-,24+,27-,28+,29-,30+,32-,35+,36-,37+,38+/m1/s1. The summed E-state index contributed by atoms with van der Waals surface area (Å²) in [5.41, 5.74) is -5.98. The Bertz CT molecular complexity index is 1460. The quantitative estimate of drug-likeness (QED) is 0.147. The first-order chi connectivity index (χ1) is 23.3. The highest BCUT2D eigenvalue weighted by atomic mass is 16.7. The van der Waals surface area contributed by atoms with E-state index >= 15 is 0 Å². The molecule has 6 N–H and O–H groups in total. The molecule has 288 valence electrons. The van der Waals surface area contributed by atoms with Crippen LogP contribution >= 0.6 is 0 Å². The van der Waals surface area contributed by atoms with Crippen molar-refractivity contribution in [1.29, 1.82) is 0 Å². The number of carbonyl (C=O) groups excluding carboxylic acids is 4. The van der Waals surface area contributed by atoms with Crippen molar-refractivity contribution in [1.82, 2.24) is 0 Å². The Morgan fingerprint density at radius 2 is 1.61 bits per heavy atom. The van der Waals surface area contributed by atoms with Gasteiger partial charge in [-0.2, -0.15) is 0 Å². The van der Waals surface area contributed by atoms with Gasteiger partial charge in [-0.15, -0.1) is 0 Å². The summed E-state index contributed by atoms with van der Waals surface area (Å²) in [7, 11) is 0. The minimum Gasteiger partial charge on any atom is -0.460 e. The van der Waals surface area contributed by atoms with Crippen molar-refractivity contribution in [2.45, 2.75) is 155 Å². The summed E-state index contributed by atoms with van der Waals surface area (Å²) in [6.07, 6.45) is -7.25. The molecule has 13 nitrogen and oxygen atoms in total. The maximum absolute atomic E-state index is 14.8. The van der Waals surface area contributed by atoms with Gasteiger partial charge in [-0.05, 0) is 83.0 Å². The number of ether oxygens (including phenoxy) is 3. The number of ketones is 3. The number of Topliss-reactive ketones (excluding diaryl/α,β-unsaturated/α-hetero) is 3. The SMILES string of the molecule is CC(=O)OC(C)(C)CCC(=O)[C@](C)(O)[C@H]1[C@H](O)C[C@@]2(C)[C@@H]3CC=C4[C@@H](C[C@H](O[C@@H]5O[C@H](CO)[C@@H](O)[C@H](O)[C@H]5O)C(=O)C4(C)C)[C@]3(C)C(=O)C[C@]12C. The zero-order valence-corrected chi connectivity index (χ0v) is 31.3. The number of hydrogen-bond acceptors (Lipinski definition) is 13. The average Bonchev–Trinajstić information content (AvgIpc) is 3.22. The number of carbonyl (C=O) groups is 4. The van der Waals surface area contributed by atoms with E-state index < -0.39 is 106 Å². The summed E-state index contributed by atoms with van der Waals surface area (Å²) in [6.45, 7) is 14.7. The smallest absolute Gasteiger partial charge is 0.303 e. The van der Waals surface area contributed by atoms with Gasteiger partial charge < -0.3 is 44.8 Å². The molecule has 4 aliphatic carbocycles. The molecule has 0 radical (unpaired) electrons. The van der Waals surface area contributed by atoms with Crippen LogP contribution in [0.15, 0.2) is 11.6 Å². The van der Waals surface area contributed by atoms with Gasteiger partial charge in [0.2, 0.25) is 0 Å². The minimum atomic E-state index is -1.99. The second-order valence-electron chi connectivity index (χ2n) is 17.9. The number of hydrogen-bond donors (Lipinski definition) is 6. The molecule has 1 aliphatic heterocycles. The van der Waals surface area contributed by atoms with Crippen LogP contribution in [0.5, 0.6) is 0 Å². The Morgan fingerprint density at radius 1 is 0.980 bits per heavy atom. The van der Waals surface area contributed by atoms with Gasteiger partial charge >= 0.3 is 5.97 Å². The first-order valence-corrected chi connectivity index (χ1v) is 18.2. The van der Waals surface area contributed by atoms with E-state index in [0.29, 0.717) is 6.42 Å². The first kappa shape index (κ1) is 40.1. The molecule has 0 bridgehead atoms. The van der Waals surface area contributed by atoms with Gasteiger partial charge in [0.05, 0.1) is 12.7 Å². The van der Waals surface area contributed by atoms with Gasteiger partial charge in [-0.1, -0.05) is 32.4 Å². The highest BCUT2D eigenvalue weighted by Gasteiger charge is 2.74. The minimum absolute atomic E-state index is 0.0308. The predicted molar refractivity (Wildman–Crippen MR) is 180 cm³/mol. The molecule has 0 spiro atoms. The van der Waals surface area contributed by atoms with Crippen LogP contribution in [0.25, 0.3) is 0 Å². The Kier molecular flexibility index (Phi) is 10.2.